The van der Waals surface area contributed by atoms with Crippen molar-refractivity contribution in [3.63, 3.8) is 0 Å². The van der Waals surface area contributed by atoms with Gasteiger partial charge in [-0.2, -0.15) is 0 Å². The number of hydrogen-bond acceptors (Lipinski definition) is 2. The number of pyridine rings is 2. The molecular weight excluding hydrogens is 176 g/mol. The Hall–Kier alpha value is -1.64. The van der Waals surface area contributed by atoms with Crippen molar-refractivity contribution in [3.05, 3.63) is 40.6 Å². The van der Waals surface area contributed by atoms with Crippen LogP contribution in [0.15, 0.2) is 29.3 Å². The molecule has 0 aliphatic carbocycles. The molecule has 0 atom stereocenters. The van der Waals surface area contributed by atoms with Gasteiger partial charge in [0.25, 0.3) is 5.56 Å². The van der Waals surface area contributed by atoms with Gasteiger partial charge < -0.3 is 4.98 Å². The summed E-state index contributed by atoms with van der Waals surface area (Å²) in [6.45, 7) is 4.07. The van der Waals surface area contributed by atoms with Gasteiger partial charge in [0, 0.05) is 12.4 Å². The van der Waals surface area contributed by atoms with E-state index >= 15 is 0 Å². The van der Waals surface area contributed by atoms with Crippen molar-refractivity contribution < 1.29 is 0 Å². The van der Waals surface area contributed by atoms with Crippen LogP contribution in [0.3, 0.4) is 0 Å². The van der Waals surface area contributed by atoms with Crippen molar-refractivity contribution in [1.29, 1.82) is 0 Å². The second-order valence-electron chi connectivity index (χ2n) is 3.62. The summed E-state index contributed by atoms with van der Waals surface area (Å²) in [6, 6.07) is 3.75. The van der Waals surface area contributed by atoms with Gasteiger partial charge in [-0.1, -0.05) is 13.8 Å². The Morgan fingerprint density at radius 2 is 2.14 bits per heavy atom. The maximum absolute atomic E-state index is 11.6. The summed E-state index contributed by atoms with van der Waals surface area (Å²) in [7, 11) is 0. The van der Waals surface area contributed by atoms with Gasteiger partial charge in [0.1, 0.15) is 0 Å². The molecule has 14 heavy (non-hydrogen) atoms. The molecule has 2 heterocycles. The van der Waals surface area contributed by atoms with E-state index < -0.39 is 0 Å². The van der Waals surface area contributed by atoms with Crippen molar-refractivity contribution in [2.45, 2.75) is 19.8 Å². The number of rotatable bonds is 1. The van der Waals surface area contributed by atoms with Gasteiger partial charge in [-0.3, -0.25) is 9.78 Å². The first kappa shape index (κ1) is 8.94. The molecule has 2 aromatic rings. The summed E-state index contributed by atoms with van der Waals surface area (Å²) >= 11 is 0. The van der Waals surface area contributed by atoms with Gasteiger partial charge in [0.15, 0.2) is 0 Å². The van der Waals surface area contributed by atoms with E-state index in [-0.39, 0.29) is 11.5 Å². The molecule has 0 spiro atoms. The SMILES string of the molecule is CC(C)c1nccc2cc[nH]c(=O)c12. The molecule has 2 aromatic heterocycles. The minimum Gasteiger partial charge on any atom is -0.329 e. The first-order valence-electron chi connectivity index (χ1n) is 4.66. The molecule has 0 unspecified atom stereocenters. The fourth-order valence-corrected chi connectivity index (χ4v) is 1.60. The summed E-state index contributed by atoms with van der Waals surface area (Å²) in [4.78, 5) is 18.5. The van der Waals surface area contributed by atoms with Gasteiger partial charge in [-0.05, 0) is 23.4 Å². The normalized spacial score (nSPS) is 11.1. The third kappa shape index (κ3) is 1.31. The highest BCUT2D eigenvalue weighted by Gasteiger charge is 2.08. The average molecular weight is 188 g/mol. The molecule has 0 saturated carbocycles. The lowest BCUT2D eigenvalue weighted by atomic mass is 10.0. The van der Waals surface area contributed by atoms with Gasteiger partial charge in [-0.25, -0.2) is 0 Å². The van der Waals surface area contributed by atoms with Crippen LogP contribution in [-0.4, -0.2) is 9.97 Å². The van der Waals surface area contributed by atoms with Crippen LogP contribution in [0.5, 0.6) is 0 Å². The quantitative estimate of drug-likeness (QED) is 0.744. The van der Waals surface area contributed by atoms with Crippen LogP contribution in [0.25, 0.3) is 10.8 Å². The maximum atomic E-state index is 11.6. The lowest BCUT2D eigenvalue weighted by molar-refractivity contribution is 0.832. The first-order valence-corrected chi connectivity index (χ1v) is 4.66. The Balaban J connectivity index is 2.91. The zero-order valence-electron chi connectivity index (χ0n) is 8.24. The molecule has 3 heteroatoms. The highest BCUT2D eigenvalue weighted by Crippen LogP contribution is 2.18. The maximum Gasteiger partial charge on any atom is 0.257 e. The topological polar surface area (TPSA) is 45.8 Å². The molecule has 0 fully saturated rings. The molecule has 0 aliphatic rings. The molecule has 2 rings (SSSR count). The number of fused-ring (bicyclic) bond motifs is 1. The van der Waals surface area contributed by atoms with Crippen molar-refractivity contribution >= 4 is 10.8 Å². The lowest BCUT2D eigenvalue weighted by Gasteiger charge is -2.06. The van der Waals surface area contributed by atoms with Crippen molar-refractivity contribution in [1.82, 2.24) is 9.97 Å². The third-order valence-electron chi connectivity index (χ3n) is 2.26. The minimum atomic E-state index is -0.0562. The Kier molecular flexibility index (Phi) is 2.08. The Bertz CT molecular complexity index is 509. The standard InChI is InChI=1S/C11H12N2O/c1-7(2)10-9-8(3-5-12-10)4-6-13-11(9)14/h3-7H,1-2H3,(H,13,14). The van der Waals surface area contributed by atoms with E-state index in [1.807, 2.05) is 26.0 Å². The number of aromatic nitrogens is 2. The zero-order chi connectivity index (χ0) is 10.1. The fraction of sp³-hybridized carbons (Fsp3) is 0.273. The second-order valence-corrected chi connectivity index (χ2v) is 3.62. The summed E-state index contributed by atoms with van der Waals surface area (Å²) in [5.41, 5.74) is 0.809. The van der Waals surface area contributed by atoms with E-state index in [0.717, 1.165) is 11.1 Å². The molecule has 72 valence electrons. The van der Waals surface area contributed by atoms with Crippen LogP contribution in [0.4, 0.5) is 0 Å². The Morgan fingerprint density at radius 1 is 1.36 bits per heavy atom. The number of nitrogens with one attached hydrogen (secondary N) is 1. The van der Waals surface area contributed by atoms with Gasteiger partial charge in [-0.15, -0.1) is 0 Å². The van der Waals surface area contributed by atoms with Gasteiger partial charge in [0.2, 0.25) is 0 Å². The molecule has 0 aliphatic heterocycles. The molecule has 0 saturated heterocycles. The minimum absolute atomic E-state index is 0.0562. The second kappa shape index (κ2) is 3.25. The van der Waals surface area contributed by atoms with E-state index in [4.69, 9.17) is 0 Å². The van der Waals surface area contributed by atoms with E-state index in [1.54, 1.807) is 12.4 Å². The van der Waals surface area contributed by atoms with E-state index in [0.29, 0.717) is 5.39 Å². The van der Waals surface area contributed by atoms with Crippen LogP contribution >= 0.6 is 0 Å². The van der Waals surface area contributed by atoms with E-state index in [2.05, 4.69) is 9.97 Å². The van der Waals surface area contributed by atoms with Crippen LogP contribution in [0, 0.1) is 0 Å². The van der Waals surface area contributed by atoms with Gasteiger partial charge >= 0.3 is 0 Å². The Morgan fingerprint density at radius 3 is 2.86 bits per heavy atom. The van der Waals surface area contributed by atoms with Crippen LogP contribution in [0.2, 0.25) is 0 Å². The number of aromatic amines is 1. The van der Waals surface area contributed by atoms with E-state index in [9.17, 15) is 4.79 Å². The number of H-pyrrole nitrogens is 1. The Labute approximate surface area is 81.8 Å². The highest BCUT2D eigenvalue weighted by molar-refractivity contribution is 5.83. The molecule has 3 nitrogen and oxygen atoms in total. The summed E-state index contributed by atoms with van der Waals surface area (Å²) < 4.78 is 0. The monoisotopic (exact) mass is 188 g/mol. The molecule has 1 N–H and O–H groups in total. The van der Waals surface area contributed by atoms with Crippen molar-refractivity contribution in [3.8, 4) is 0 Å². The number of hydrogen-bond donors (Lipinski definition) is 1. The summed E-state index contributed by atoms with van der Waals surface area (Å²) in [5.74, 6) is 0.266. The van der Waals surface area contributed by atoms with Crippen molar-refractivity contribution in [2.75, 3.05) is 0 Å². The van der Waals surface area contributed by atoms with Crippen LogP contribution < -0.4 is 5.56 Å². The predicted octanol–water partition coefficient (Wildman–Crippen LogP) is 2.05. The van der Waals surface area contributed by atoms with Gasteiger partial charge in [0.05, 0.1) is 11.1 Å². The molecule has 0 aromatic carbocycles. The predicted molar refractivity (Wildman–Crippen MR) is 56.5 cm³/mol. The van der Waals surface area contributed by atoms with Crippen molar-refractivity contribution in [2.24, 2.45) is 0 Å². The van der Waals surface area contributed by atoms with Crippen LogP contribution in [0.1, 0.15) is 25.5 Å². The fourth-order valence-electron chi connectivity index (χ4n) is 1.60. The van der Waals surface area contributed by atoms with Crippen LogP contribution in [-0.2, 0) is 0 Å². The zero-order valence-corrected chi connectivity index (χ0v) is 8.24. The van der Waals surface area contributed by atoms with E-state index in [1.165, 1.54) is 0 Å². The molecule has 0 radical (unpaired) electrons. The third-order valence-corrected chi connectivity index (χ3v) is 2.26. The summed E-state index contributed by atoms with van der Waals surface area (Å²) in [5, 5.41) is 1.66. The summed E-state index contributed by atoms with van der Waals surface area (Å²) in [6.07, 6.45) is 3.41. The highest BCUT2D eigenvalue weighted by atomic mass is 16.1. The molecular formula is C11H12N2O. The first-order chi connectivity index (χ1) is 6.70. The molecule has 0 amide bonds. The lowest BCUT2D eigenvalue weighted by Crippen LogP contribution is -2.09. The molecule has 0 bridgehead atoms. The largest absolute Gasteiger partial charge is 0.329 e. The average Bonchev–Trinajstić information content (AvgIpc) is 2.17. The smallest absolute Gasteiger partial charge is 0.257 e. The number of nitrogens with zero attached hydrogens (tertiary/aromatic N) is 1.